The van der Waals surface area contributed by atoms with Crippen molar-refractivity contribution in [2.45, 2.75) is 64.5 Å². The normalized spacial score (nSPS) is 16.3. The number of carbonyl (C=O) groups excluding carboxylic acids is 2. The van der Waals surface area contributed by atoms with E-state index in [9.17, 15) is 9.59 Å². The first-order valence-electron chi connectivity index (χ1n) is 10.8. The van der Waals surface area contributed by atoms with Crippen LogP contribution in [-0.2, 0) is 27.1 Å². The van der Waals surface area contributed by atoms with Crippen LogP contribution in [0.15, 0.2) is 36.4 Å². The molecular formula is C24H31NO4S. The summed E-state index contributed by atoms with van der Waals surface area (Å²) < 4.78 is 10.5. The zero-order chi connectivity index (χ0) is 21.3. The van der Waals surface area contributed by atoms with E-state index in [1.807, 2.05) is 18.2 Å². The van der Waals surface area contributed by atoms with Gasteiger partial charge in [-0.3, -0.25) is 9.69 Å². The molecule has 0 N–H and O–H groups in total. The quantitative estimate of drug-likeness (QED) is 0.356. The van der Waals surface area contributed by atoms with Gasteiger partial charge in [-0.25, -0.2) is 4.79 Å². The maximum Gasteiger partial charge on any atom is 0.348 e. The number of rotatable bonds is 11. The van der Waals surface area contributed by atoms with E-state index in [-0.39, 0.29) is 24.7 Å². The molecule has 1 aromatic heterocycles. The van der Waals surface area contributed by atoms with Crippen molar-refractivity contribution in [1.82, 2.24) is 0 Å². The largest absolute Gasteiger partial charge is 0.465 e. The van der Waals surface area contributed by atoms with Gasteiger partial charge in [0.2, 0.25) is 0 Å². The van der Waals surface area contributed by atoms with E-state index in [0.29, 0.717) is 4.88 Å². The van der Waals surface area contributed by atoms with Gasteiger partial charge in [-0.2, -0.15) is 0 Å². The zero-order valence-electron chi connectivity index (χ0n) is 17.9. The van der Waals surface area contributed by atoms with Crippen molar-refractivity contribution in [2.24, 2.45) is 0 Å². The molecule has 1 aliphatic rings. The number of benzene rings is 1. The number of esters is 1. The Hall–Kier alpha value is -2.18. The van der Waals surface area contributed by atoms with E-state index in [1.165, 1.54) is 49.7 Å². The number of nitrogens with zero attached hydrogens (tertiary/aromatic N) is 1. The van der Waals surface area contributed by atoms with Crippen LogP contribution in [0.4, 0.5) is 5.69 Å². The molecule has 1 saturated heterocycles. The standard InChI is InChI=1S/C24H31NO4S/c1-3-4-5-6-8-18-11-13-19(14-12-18)25-22(26)17-29-23(25)10-7-9-20-15-16-21(30-20)24(27)28-2/h11-16,23H,3-10,17H2,1-2H3. The molecule has 30 heavy (non-hydrogen) atoms. The molecule has 6 heteroatoms. The molecule has 2 aromatic rings. The molecule has 0 bridgehead atoms. The second-order valence-corrected chi connectivity index (χ2v) is 8.82. The number of anilines is 1. The lowest BCUT2D eigenvalue weighted by atomic mass is 10.1. The molecule has 1 aliphatic heterocycles. The third kappa shape index (κ3) is 5.92. The van der Waals surface area contributed by atoms with Crippen LogP contribution >= 0.6 is 11.3 Å². The molecule has 162 valence electrons. The summed E-state index contributed by atoms with van der Waals surface area (Å²) in [7, 11) is 1.39. The number of methoxy groups -OCH3 is 1. The second-order valence-electron chi connectivity index (χ2n) is 7.66. The Labute approximate surface area is 183 Å². The van der Waals surface area contributed by atoms with Crippen LogP contribution in [0.1, 0.15) is 65.6 Å². The highest BCUT2D eigenvalue weighted by Gasteiger charge is 2.32. The lowest BCUT2D eigenvalue weighted by Crippen LogP contribution is -2.33. The average molecular weight is 430 g/mol. The summed E-state index contributed by atoms with van der Waals surface area (Å²) in [6, 6.07) is 12.1. The third-order valence-corrected chi connectivity index (χ3v) is 6.54. The summed E-state index contributed by atoms with van der Waals surface area (Å²) in [5, 5.41) is 0. The molecule has 1 atom stereocenters. The van der Waals surface area contributed by atoms with E-state index in [1.54, 1.807) is 11.0 Å². The number of hydrogen-bond donors (Lipinski definition) is 0. The van der Waals surface area contributed by atoms with Crippen molar-refractivity contribution < 1.29 is 19.1 Å². The number of amides is 1. The van der Waals surface area contributed by atoms with E-state index in [4.69, 9.17) is 9.47 Å². The number of ether oxygens (including phenoxy) is 2. The van der Waals surface area contributed by atoms with Gasteiger partial charge in [0.25, 0.3) is 5.91 Å². The van der Waals surface area contributed by atoms with Gasteiger partial charge in [0.1, 0.15) is 17.7 Å². The van der Waals surface area contributed by atoms with Gasteiger partial charge in [0, 0.05) is 10.6 Å². The molecular weight excluding hydrogens is 398 g/mol. The minimum atomic E-state index is -0.295. The van der Waals surface area contributed by atoms with Gasteiger partial charge in [-0.1, -0.05) is 38.3 Å². The Morgan fingerprint density at radius 3 is 2.63 bits per heavy atom. The fraction of sp³-hybridized carbons (Fsp3) is 0.500. The van der Waals surface area contributed by atoms with Gasteiger partial charge < -0.3 is 9.47 Å². The van der Waals surface area contributed by atoms with Gasteiger partial charge in [-0.15, -0.1) is 11.3 Å². The monoisotopic (exact) mass is 429 g/mol. The highest BCUT2D eigenvalue weighted by Crippen LogP contribution is 2.27. The Bertz CT molecular complexity index is 830. The molecule has 2 heterocycles. The molecule has 3 rings (SSSR count). The molecule has 1 unspecified atom stereocenters. The summed E-state index contributed by atoms with van der Waals surface area (Å²) in [6.45, 7) is 2.36. The molecule has 0 aliphatic carbocycles. The minimum Gasteiger partial charge on any atom is -0.465 e. The highest BCUT2D eigenvalue weighted by molar-refractivity contribution is 7.13. The van der Waals surface area contributed by atoms with E-state index >= 15 is 0 Å². The number of unbranched alkanes of at least 4 members (excludes halogenated alkanes) is 3. The van der Waals surface area contributed by atoms with Crippen molar-refractivity contribution in [3.8, 4) is 0 Å². The molecule has 1 fully saturated rings. The van der Waals surface area contributed by atoms with E-state index in [2.05, 4.69) is 19.1 Å². The van der Waals surface area contributed by atoms with Gasteiger partial charge in [0.15, 0.2) is 0 Å². The van der Waals surface area contributed by atoms with Gasteiger partial charge >= 0.3 is 5.97 Å². The van der Waals surface area contributed by atoms with Crippen molar-refractivity contribution in [3.63, 3.8) is 0 Å². The fourth-order valence-corrected chi connectivity index (χ4v) is 4.72. The van der Waals surface area contributed by atoms with Crippen molar-refractivity contribution in [3.05, 3.63) is 51.7 Å². The second kappa shape index (κ2) is 11.3. The number of thiophene rings is 1. The van der Waals surface area contributed by atoms with E-state index in [0.717, 1.165) is 36.2 Å². The van der Waals surface area contributed by atoms with Crippen molar-refractivity contribution in [2.75, 3.05) is 18.6 Å². The summed E-state index contributed by atoms with van der Waals surface area (Å²) in [6.07, 6.45) is 8.36. The van der Waals surface area contributed by atoms with E-state index < -0.39 is 0 Å². The Morgan fingerprint density at radius 1 is 1.10 bits per heavy atom. The summed E-state index contributed by atoms with van der Waals surface area (Å²) in [5.74, 6) is -0.282. The molecule has 0 radical (unpaired) electrons. The van der Waals surface area contributed by atoms with Gasteiger partial charge in [0.05, 0.1) is 7.11 Å². The topological polar surface area (TPSA) is 55.8 Å². The first kappa shape index (κ1) is 22.5. The van der Waals surface area contributed by atoms with Crippen LogP contribution in [0.3, 0.4) is 0 Å². The number of aryl methyl sites for hydroxylation is 2. The predicted molar refractivity (Wildman–Crippen MR) is 120 cm³/mol. The van der Waals surface area contributed by atoms with Crippen LogP contribution in [0, 0.1) is 0 Å². The van der Waals surface area contributed by atoms with Crippen LogP contribution in [-0.4, -0.2) is 31.8 Å². The lowest BCUT2D eigenvalue weighted by molar-refractivity contribution is -0.117. The Balaban J connectivity index is 1.52. The highest BCUT2D eigenvalue weighted by atomic mass is 32.1. The maximum absolute atomic E-state index is 12.4. The first-order valence-corrected chi connectivity index (χ1v) is 11.6. The van der Waals surface area contributed by atoms with Gasteiger partial charge in [-0.05, 0) is 61.9 Å². The fourth-order valence-electron chi connectivity index (χ4n) is 3.75. The molecule has 1 amide bonds. The van der Waals surface area contributed by atoms with Crippen LogP contribution in [0.25, 0.3) is 0 Å². The van der Waals surface area contributed by atoms with Crippen LogP contribution < -0.4 is 4.90 Å². The predicted octanol–water partition coefficient (Wildman–Crippen LogP) is 5.37. The number of hydrogen-bond acceptors (Lipinski definition) is 5. The minimum absolute atomic E-state index is 0.0137. The van der Waals surface area contributed by atoms with Crippen molar-refractivity contribution >= 4 is 28.9 Å². The average Bonchev–Trinajstić information content (AvgIpc) is 3.38. The number of carbonyl (C=O) groups is 2. The Kier molecular flexibility index (Phi) is 8.46. The summed E-state index contributed by atoms with van der Waals surface area (Å²) in [4.78, 5) is 27.5. The Morgan fingerprint density at radius 2 is 1.90 bits per heavy atom. The van der Waals surface area contributed by atoms with Crippen molar-refractivity contribution in [1.29, 1.82) is 0 Å². The summed E-state index contributed by atoms with van der Waals surface area (Å²) in [5.41, 5.74) is 2.22. The van der Waals surface area contributed by atoms with Crippen LogP contribution in [0.2, 0.25) is 0 Å². The molecule has 1 aromatic carbocycles. The lowest BCUT2D eigenvalue weighted by Gasteiger charge is -2.23. The zero-order valence-corrected chi connectivity index (χ0v) is 18.7. The smallest absolute Gasteiger partial charge is 0.348 e. The first-order chi connectivity index (χ1) is 14.6. The molecule has 0 spiro atoms. The maximum atomic E-state index is 12.4. The summed E-state index contributed by atoms with van der Waals surface area (Å²) >= 11 is 1.46. The third-order valence-electron chi connectivity index (χ3n) is 5.41. The molecule has 0 saturated carbocycles. The SMILES string of the molecule is CCCCCCc1ccc(N2C(=O)COC2CCCc2ccc(C(=O)OC)s2)cc1. The van der Waals surface area contributed by atoms with Crippen LogP contribution in [0.5, 0.6) is 0 Å². The molecule has 5 nitrogen and oxygen atoms in total.